The lowest BCUT2D eigenvalue weighted by Gasteiger charge is -2.44. The quantitative estimate of drug-likeness (QED) is 0.520. The van der Waals surface area contributed by atoms with Gasteiger partial charge in [-0.1, -0.05) is 6.07 Å². The van der Waals surface area contributed by atoms with Crippen molar-refractivity contribution < 1.29 is 28.6 Å². The van der Waals surface area contributed by atoms with Crippen LogP contribution < -0.4 is 9.47 Å². The highest BCUT2D eigenvalue weighted by atomic mass is 16.7. The van der Waals surface area contributed by atoms with Crippen LogP contribution in [0.4, 0.5) is 4.79 Å². The summed E-state index contributed by atoms with van der Waals surface area (Å²) in [6.45, 7) is 6.93. The summed E-state index contributed by atoms with van der Waals surface area (Å²) in [6, 6.07) is 10.2. The molecule has 7 nitrogen and oxygen atoms in total. The number of ketones is 1. The molecular formula is C25H27NO6. The van der Waals surface area contributed by atoms with Crippen LogP contribution in [0.5, 0.6) is 11.5 Å². The molecule has 1 saturated heterocycles. The van der Waals surface area contributed by atoms with Crippen LogP contribution in [0, 0.1) is 13.8 Å². The first-order valence-corrected chi connectivity index (χ1v) is 10.9. The first kappa shape index (κ1) is 21.9. The molecule has 32 heavy (non-hydrogen) atoms. The van der Waals surface area contributed by atoms with Gasteiger partial charge in [0.2, 0.25) is 0 Å². The molecule has 168 valence electrons. The largest absolute Gasteiger partial charge is 0.513 e. The van der Waals surface area contributed by atoms with Crippen LogP contribution in [0.25, 0.3) is 0 Å². The van der Waals surface area contributed by atoms with Crippen molar-refractivity contribution >= 4 is 17.8 Å². The number of Topliss-reactive ketones (excluding diaryl/α,β-unsaturated/α-hetero) is 1. The van der Waals surface area contributed by atoms with Crippen LogP contribution in [0.3, 0.4) is 0 Å². The summed E-state index contributed by atoms with van der Waals surface area (Å²) in [5.41, 5.74) is 2.70. The van der Waals surface area contributed by atoms with Gasteiger partial charge in [-0.05, 0) is 62.2 Å². The standard InChI is InChI=1S/C25H27NO6/c1-4-30-24(29)31-19-8-6-18(7-9-19)23(28)26-13-11-25(12-14-26)15-21(27)20-10-5-16(2)17(3)22(20)32-25/h5-10H,4,11-15H2,1-3H3. The Bertz CT molecular complexity index is 1050. The molecule has 2 aromatic rings. The Labute approximate surface area is 187 Å². The molecule has 0 aliphatic carbocycles. The average molecular weight is 437 g/mol. The van der Waals surface area contributed by atoms with Crippen LogP contribution in [0.2, 0.25) is 0 Å². The molecule has 4 rings (SSSR count). The first-order chi connectivity index (χ1) is 15.3. The van der Waals surface area contributed by atoms with Gasteiger partial charge in [-0.2, -0.15) is 0 Å². The van der Waals surface area contributed by atoms with Crippen molar-refractivity contribution in [2.45, 2.75) is 45.6 Å². The minimum atomic E-state index is -0.776. The highest BCUT2D eigenvalue weighted by molar-refractivity contribution is 6.01. The molecule has 0 aromatic heterocycles. The van der Waals surface area contributed by atoms with Gasteiger partial charge in [0.25, 0.3) is 5.91 Å². The van der Waals surface area contributed by atoms with Crippen molar-refractivity contribution in [3.8, 4) is 11.5 Å². The number of aryl methyl sites for hydroxylation is 1. The number of ether oxygens (including phenoxy) is 3. The third-order valence-corrected chi connectivity index (χ3v) is 6.30. The third-order valence-electron chi connectivity index (χ3n) is 6.30. The number of carbonyl (C=O) groups is 3. The number of amides is 1. The smallest absolute Gasteiger partial charge is 0.486 e. The zero-order chi connectivity index (χ0) is 22.9. The molecule has 7 heteroatoms. The van der Waals surface area contributed by atoms with Crippen molar-refractivity contribution in [3.05, 3.63) is 58.7 Å². The van der Waals surface area contributed by atoms with E-state index in [-0.39, 0.29) is 18.3 Å². The lowest BCUT2D eigenvalue weighted by atomic mass is 9.81. The molecule has 1 amide bonds. The second-order valence-corrected chi connectivity index (χ2v) is 8.37. The molecule has 2 aromatic carbocycles. The Morgan fingerprint density at radius 3 is 2.41 bits per heavy atom. The number of rotatable bonds is 3. The Kier molecular flexibility index (Phi) is 5.91. The molecule has 0 atom stereocenters. The third kappa shape index (κ3) is 4.20. The number of piperidine rings is 1. The van der Waals surface area contributed by atoms with Crippen LogP contribution in [-0.4, -0.2) is 48.0 Å². The van der Waals surface area contributed by atoms with E-state index >= 15 is 0 Å². The van der Waals surface area contributed by atoms with Crippen LogP contribution in [0.15, 0.2) is 36.4 Å². The topological polar surface area (TPSA) is 82.1 Å². The van der Waals surface area contributed by atoms with Gasteiger partial charge in [0.05, 0.1) is 18.6 Å². The van der Waals surface area contributed by atoms with Crippen molar-refractivity contribution in [3.63, 3.8) is 0 Å². The summed E-state index contributed by atoms with van der Waals surface area (Å²) in [4.78, 5) is 38.9. The lowest BCUT2D eigenvalue weighted by Crippen LogP contribution is -2.52. The fourth-order valence-electron chi connectivity index (χ4n) is 4.27. The highest BCUT2D eigenvalue weighted by Gasteiger charge is 2.44. The van der Waals surface area contributed by atoms with E-state index in [0.29, 0.717) is 55.0 Å². The molecule has 2 heterocycles. The molecule has 0 saturated carbocycles. The van der Waals surface area contributed by atoms with Crippen LogP contribution in [0.1, 0.15) is 58.0 Å². The minimum absolute atomic E-state index is 0.0999. The van der Waals surface area contributed by atoms with Gasteiger partial charge in [-0.3, -0.25) is 9.59 Å². The van der Waals surface area contributed by atoms with Gasteiger partial charge < -0.3 is 19.1 Å². The average Bonchev–Trinajstić information content (AvgIpc) is 2.77. The molecule has 0 bridgehead atoms. The van der Waals surface area contributed by atoms with E-state index in [2.05, 4.69) is 0 Å². The Hall–Kier alpha value is -3.35. The van der Waals surface area contributed by atoms with E-state index in [9.17, 15) is 14.4 Å². The lowest BCUT2D eigenvalue weighted by molar-refractivity contribution is -0.00620. The van der Waals surface area contributed by atoms with Gasteiger partial charge in [0, 0.05) is 31.5 Å². The summed E-state index contributed by atoms with van der Waals surface area (Å²) in [6.07, 6.45) is 0.759. The van der Waals surface area contributed by atoms with E-state index in [4.69, 9.17) is 14.2 Å². The fourth-order valence-corrected chi connectivity index (χ4v) is 4.27. The summed E-state index contributed by atoms with van der Waals surface area (Å²) in [5, 5.41) is 0. The summed E-state index contributed by atoms with van der Waals surface area (Å²) in [7, 11) is 0. The highest BCUT2D eigenvalue weighted by Crippen LogP contribution is 2.41. The molecule has 2 aliphatic rings. The fraction of sp³-hybridized carbons (Fsp3) is 0.400. The predicted octanol–water partition coefficient (Wildman–Crippen LogP) is 4.48. The van der Waals surface area contributed by atoms with Crippen LogP contribution in [-0.2, 0) is 4.74 Å². The van der Waals surface area contributed by atoms with Crippen molar-refractivity contribution in [1.29, 1.82) is 0 Å². The molecule has 2 aliphatic heterocycles. The van der Waals surface area contributed by atoms with Crippen molar-refractivity contribution in [1.82, 2.24) is 4.90 Å². The van der Waals surface area contributed by atoms with Gasteiger partial charge in [0.1, 0.15) is 17.1 Å². The Balaban J connectivity index is 1.41. The maximum absolute atomic E-state index is 13.0. The zero-order valence-corrected chi connectivity index (χ0v) is 18.6. The van der Waals surface area contributed by atoms with Gasteiger partial charge in [0.15, 0.2) is 5.78 Å². The number of hydrogen-bond acceptors (Lipinski definition) is 6. The second-order valence-electron chi connectivity index (χ2n) is 8.37. The van der Waals surface area contributed by atoms with E-state index in [0.717, 1.165) is 11.1 Å². The second kappa shape index (κ2) is 8.65. The maximum Gasteiger partial charge on any atom is 0.513 e. The van der Waals surface area contributed by atoms with E-state index in [1.165, 1.54) is 0 Å². The minimum Gasteiger partial charge on any atom is -0.486 e. The molecule has 1 spiro atoms. The number of benzene rings is 2. The van der Waals surface area contributed by atoms with E-state index < -0.39 is 11.8 Å². The van der Waals surface area contributed by atoms with Gasteiger partial charge >= 0.3 is 6.16 Å². The Morgan fingerprint density at radius 2 is 1.75 bits per heavy atom. The van der Waals surface area contributed by atoms with Gasteiger partial charge in [-0.25, -0.2) is 4.79 Å². The SMILES string of the molecule is CCOC(=O)Oc1ccc(C(=O)N2CCC3(CC2)CC(=O)c2ccc(C)c(C)c2O3)cc1. The molecular weight excluding hydrogens is 410 g/mol. The monoisotopic (exact) mass is 437 g/mol. The van der Waals surface area contributed by atoms with E-state index in [1.54, 1.807) is 36.1 Å². The van der Waals surface area contributed by atoms with E-state index in [1.807, 2.05) is 26.0 Å². The Morgan fingerprint density at radius 1 is 1.06 bits per heavy atom. The van der Waals surface area contributed by atoms with Crippen molar-refractivity contribution in [2.75, 3.05) is 19.7 Å². The first-order valence-electron chi connectivity index (χ1n) is 10.9. The number of hydrogen-bond donors (Lipinski definition) is 0. The molecule has 0 radical (unpaired) electrons. The molecule has 1 fully saturated rings. The predicted molar refractivity (Wildman–Crippen MR) is 117 cm³/mol. The summed E-state index contributed by atoms with van der Waals surface area (Å²) >= 11 is 0. The summed E-state index contributed by atoms with van der Waals surface area (Å²) in [5.74, 6) is 1.01. The molecule has 0 unspecified atom stereocenters. The van der Waals surface area contributed by atoms with Crippen LogP contribution >= 0.6 is 0 Å². The van der Waals surface area contributed by atoms with Gasteiger partial charge in [-0.15, -0.1) is 0 Å². The number of carbonyl (C=O) groups excluding carboxylic acids is 3. The zero-order valence-electron chi connectivity index (χ0n) is 18.6. The van der Waals surface area contributed by atoms with Crippen molar-refractivity contribution in [2.24, 2.45) is 0 Å². The molecule has 0 N–H and O–H groups in total. The normalized spacial score (nSPS) is 16.8. The number of fused-ring (bicyclic) bond motifs is 1. The summed E-state index contributed by atoms with van der Waals surface area (Å²) < 4.78 is 16.2. The number of nitrogens with zero attached hydrogens (tertiary/aromatic N) is 1. The maximum atomic E-state index is 13.0. The number of likely N-dealkylation sites (tertiary alicyclic amines) is 1.